The lowest BCUT2D eigenvalue weighted by atomic mass is 10.1. The first-order chi connectivity index (χ1) is 8.33. The largest absolute Gasteiger partial charge is 0.486 e. The van der Waals surface area contributed by atoms with Gasteiger partial charge in [-0.25, -0.2) is 0 Å². The molecule has 88 valence electrons. The van der Waals surface area contributed by atoms with E-state index >= 15 is 0 Å². The van der Waals surface area contributed by atoms with Gasteiger partial charge in [0.15, 0.2) is 5.76 Å². The average molecular weight is 231 g/mol. The van der Waals surface area contributed by atoms with E-state index in [4.69, 9.17) is 9.26 Å². The molecular formula is C13H13NO3. The Morgan fingerprint density at radius 3 is 3.18 bits per heavy atom. The van der Waals surface area contributed by atoms with Crippen molar-refractivity contribution in [2.75, 3.05) is 0 Å². The van der Waals surface area contributed by atoms with E-state index in [0.29, 0.717) is 12.4 Å². The fraction of sp³-hybridized carbons (Fsp3) is 0.308. The minimum Gasteiger partial charge on any atom is -0.486 e. The topological polar surface area (TPSA) is 55.5 Å². The predicted molar refractivity (Wildman–Crippen MR) is 60.6 cm³/mol. The van der Waals surface area contributed by atoms with E-state index in [9.17, 15) is 5.11 Å². The second-order valence-corrected chi connectivity index (χ2v) is 4.18. The summed E-state index contributed by atoms with van der Waals surface area (Å²) in [5.74, 6) is 1.50. The standard InChI is InChI=1S/C13H13NO3/c15-13-4-1-9-7-10(2-3-12(9)13)16-8-11-5-6-14-17-11/h2-3,5-7,13,15H,1,4,8H2/t13-/m0/s1. The van der Waals surface area contributed by atoms with Crippen molar-refractivity contribution in [2.45, 2.75) is 25.6 Å². The van der Waals surface area contributed by atoms with Gasteiger partial charge in [0.2, 0.25) is 0 Å². The van der Waals surface area contributed by atoms with Gasteiger partial charge in [-0.15, -0.1) is 0 Å². The Morgan fingerprint density at radius 2 is 2.35 bits per heavy atom. The van der Waals surface area contributed by atoms with E-state index in [1.807, 2.05) is 18.2 Å². The first-order valence-electron chi connectivity index (χ1n) is 5.66. The first kappa shape index (κ1) is 10.4. The molecule has 1 aromatic carbocycles. The monoisotopic (exact) mass is 231 g/mol. The van der Waals surface area contributed by atoms with Crippen LogP contribution in [-0.2, 0) is 13.0 Å². The SMILES string of the molecule is O[C@H]1CCc2cc(OCc3ccno3)ccc21. The van der Waals surface area contributed by atoms with Crippen molar-refractivity contribution in [3.8, 4) is 5.75 Å². The quantitative estimate of drug-likeness (QED) is 0.880. The molecule has 0 fully saturated rings. The number of fused-ring (bicyclic) bond motifs is 1. The summed E-state index contributed by atoms with van der Waals surface area (Å²) in [6.45, 7) is 0.376. The second kappa shape index (κ2) is 4.22. The molecule has 17 heavy (non-hydrogen) atoms. The number of hydrogen-bond donors (Lipinski definition) is 1. The zero-order valence-corrected chi connectivity index (χ0v) is 9.30. The lowest BCUT2D eigenvalue weighted by Gasteiger charge is -2.07. The molecule has 1 heterocycles. The minimum absolute atomic E-state index is 0.312. The molecule has 2 aromatic rings. The highest BCUT2D eigenvalue weighted by Gasteiger charge is 2.20. The first-order valence-corrected chi connectivity index (χ1v) is 5.66. The summed E-state index contributed by atoms with van der Waals surface area (Å²) in [7, 11) is 0. The van der Waals surface area contributed by atoms with Crippen LogP contribution in [0.4, 0.5) is 0 Å². The van der Waals surface area contributed by atoms with Gasteiger partial charge in [0.05, 0.1) is 12.3 Å². The molecule has 0 aliphatic heterocycles. The highest BCUT2D eigenvalue weighted by Crippen LogP contribution is 2.33. The molecule has 1 aliphatic rings. The molecule has 0 unspecified atom stereocenters. The van der Waals surface area contributed by atoms with Crippen molar-refractivity contribution in [3.05, 3.63) is 47.3 Å². The van der Waals surface area contributed by atoms with E-state index in [-0.39, 0.29) is 6.10 Å². The van der Waals surface area contributed by atoms with Crippen LogP contribution in [-0.4, -0.2) is 10.3 Å². The third-order valence-corrected chi connectivity index (χ3v) is 3.03. The third-order valence-electron chi connectivity index (χ3n) is 3.03. The van der Waals surface area contributed by atoms with Gasteiger partial charge in [0.25, 0.3) is 0 Å². The van der Waals surface area contributed by atoms with Gasteiger partial charge in [0.1, 0.15) is 12.4 Å². The van der Waals surface area contributed by atoms with E-state index in [1.54, 1.807) is 12.3 Å². The van der Waals surface area contributed by atoms with Crippen LogP contribution in [0.25, 0.3) is 0 Å². The van der Waals surface area contributed by atoms with Crippen LogP contribution in [0, 0.1) is 0 Å². The Balaban J connectivity index is 1.72. The number of aryl methyl sites for hydroxylation is 1. The van der Waals surface area contributed by atoms with E-state index in [1.165, 1.54) is 5.56 Å². The van der Waals surface area contributed by atoms with E-state index < -0.39 is 0 Å². The lowest BCUT2D eigenvalue weighted by molar-refractivity contribution is 0.180. The Morgan fingerprint density at radius 1 is 1.41 bits per heavy atom. The molecule has 0 spiro atoms. The maximum Gasteiger partial charge on any atom is 0.174 e. The Hall–Kier alpha value is -1.81. The van der Waals surface area contributed by atoms with Crippen molar-refractivity contribution in [1.82, 2.24) is 5.16 Å². The van der Waals surface area contributed by atoms with Crippen LogP contribution in [0.5, 0.6) is 5.75 Å². The molecule has 1 aliphatic carbocycles. The van der Waals surface area contributed by atoms with Crippen LogP contribution in [0.15, 0.2) is 35.0 Å². The van der Waals surface area contributed by atoms with E-state index in [2.05, 4.69) is 5.16 Å². The molecule has 4 nitrogen and oxygen atoms in total. The van der Waals surface area contributed by atoms with Gasteiger partial charge in [-0.2, -0.15) is 0 Å². The number of ether oxygens (including phenoxy) is 1. The Labute approximate surface area is 98.8 Å². The molecule has 0 saturated carbocycles. The zero-order chi connectivity index (χ0) is 11.7. The molecular weight excluding hydrogens is 218 g/mol. The Bertz CT molecular complexity index is 507. The van der Waals surface area contributed by atoms with E-state index in [0.717, 1.165) is 24.2 Å². The second-order valence-electron chi connectivity index (χ2n) is 4.18. The van der Waals surface area contributed by atoms with Crippen molar-refractivity contribution in [2.24, 2.45) is 0 Å². The minimum atomic E-state index is -0.312. The van der Waals surface area contributed by atoms with Crippen LogP contribution >= 0.6 is 0 Å². The summed E-state index contributed by atoms with van der Waals surface area (Å²) in [6, 6.07) is 7.57. The van der Waals surface area contributed by atoms with Crippen molar-refractivity contribution >= 4 is 0 Å². The summed E-state index contributed by atoms with van der Waals surface area (Å²) < 4.78 is 10.5. The highest BCUT2D eigenvalue weighted by atomic mass is 16.5. The summed E-state index contributed by atoms with van der Waals surface area (Å²) >= 11 is 0. The molecule has 1 aromatic heterocycles. The number of aromatic nitrogens is 1. The van der Waals surface area contributed by atoms with Crippen molar-refractivity contribution < 1.29 is 14.4 Å². The van der Waals surface area contributed by atoms with Gasteiger partial charge in [-0.1, -0.05) is 11.2 Å². The Kier molecular flexibility index (Phi) is 2.57. The summed E-state index contributed by atoms with van der Waals surface area (Å²) in [4.78, 5) is 0. The third kappa shape index (κ3) is 2.03. The van der Waals surface area contributed by atoms with Gasteiger partial charge >= 0.3 is 0 Å². The summed E-state index contributed by atoms with van der Waals surface area (Å²) in [5.41, 5.74) is 2.20. The number of aliphatic hydroxyl groups excluding tert-OH is 1. The van der Waals surface area contributed by atoms with Crippen molar-refractivity contribution in [1.29, 1.82) is 0 Å². The summed E-state index contributed by atoms with van der Waals surface area (Å²) in [6.07, 6.45) is 3.00. The van der Waals surface area contributed by atoms with Crippen LogP contribution in [0.3, 0.4) is 0 Å². The van der Waals surface area contributed by atoms with Gasteiger partial charge in [-0.3, -0.25) is 0 Å². The molecule has 0 saturated heterocycles. The number of nitrogens with zero attached hydrogens (tertiary/aromatic N) is 1. The fourth-order valence-corrected chi connectivity index (χ4v) is 2.13. The van der Waals surface area contributed by atoms with Gasteiger partial charge < -0.3 is 14.4 Å². The molecule has 3 rings (SSSR count). The number of benzene rings is 1. The maximum absolute atomic E-state index is 9.69. The number of hydrogen-bond acceptors (Lipinski definition) is 4. The fourth-order valence-electron chi connectivity index (χ4n) is 2.13. The summed E-state index contributed by atoms with van der Waals surface area (Å²) in [5, 5.41) is 13.3. The smallest absolute Gasteiger partial charge is 0.174 e. The van der Waals surface area contributed by atoms with Crippen LogP contribution in [0.1, 0.15) is 29.4 Å². The molecule has 1 atom stereocenters. The maximum atomic E-state index is 9.69. The molecule has 4 heteroatoms. The molecule has 0 bridgehead atoms. The lowest BCUT2D eigenvalue weighted by Crippen LogP contribution is -1.95. The molecule has 1 N–H and O–H groups in total. The normalized spacial score (nSPS) is 18.1. The van der Waals surface area contributed by atoms with Gasteiger partial charge in [-0.05, 0) is 36.1 Å². The van der Waals surface area contributed by atoms with Crippen LogP contribution < -0.4 is 4.74 Å². The van der Waals surface area contributed by atoms with Crippen LogP contribution in [0.2, 0.25) is 0 Å². The van der Waals surface area contributed by atoms with Crippen molar-refractivity contribution in [3.63, 3.8) is 0 Å². The average Bonchev–Trinajstić information content (AvgIpc) is 2.97. The predicted octanol–water partition coefficient (Wildman–Crippen LogP) is 2.23. The highest BCUT2D eigenvalue weighted by molar-refractivity contribution is 5.39. The molecule has 0 radical (unpaired) electrons. The zero-order valence-electron chi connectivity index (χ0n) is 9.30. The number of rotatable bonds is 3. The molecule has 0 amide bonds. The van der Waals surface area contributed by atoms with Gasteiger partial charge in [0, 0.05) is 6.07 Å². The number of aliphatic hydroxyl groups is 1.